The van der Waals surface area contributed by atoms with Crippen molar-refractivity contribution < 1.29 is 8.83 Å². The van der Waals surface area contributed by atoms with Gasteiger partial charge in [-0.3, -0.25) is 0 Å². The molecule has 4 aromatic heterocycles. The first-order chi connectivity index (χ1) is 40.9. The van der Waals surface area contributed by atoms with E-state index in [1.807, 2.05) is 0 Å². The van der Waals surface area contributed by atoms with Crippen LogP contribution in [0.3, 0.4) is 0 Å². The summed E-state index contributed by atoms with van der Waals surface area (Å²) >= 11 is 0. The van der Waals surface area contributed by atoms with Crippen LogP contribution in [-0.4, -0.2) is 9.13 Å². The van der Waals surface area contributed by atoms with Gasteiger partial charge in [0.15, 0.2) is 0 Å². The van der Waals surface area contributed by atoms with E-state index in [0.717, 1.165) is 111 Å². The fourth-order valence-corrected chi connectivity index (χ4v) is 13.2. The third kappa shape index (κ3) is 7.85. The molecule has 6 heteroatoms. The third-order valence-corrected chi connectivity index (χ3v) is 17.4. The van der Waals surface area contributed by atoms with Crippen molar-refractivity contribution in [2.24, 2.45) is 0 Å². The normalized spacial score (nSPS) is 12.4. The van der Waals surface area contributed by atoms with E-state index in [0.29, 0.717) is 0 Å². The SMILES string of the molecule is CC(C)(C)c1ccc(-n2c3ccccc3c3cc(N(c4ccccc4)c4ccc5oc6ccc7c(ccc8oc9ccc(N(c%10ccccc%10)c%10ccc%11c(c%10)c%10ccccc%10n%11-c%10ccc(C(C)(C)C)cc%10)cc9c87)c6c5c4)ccc32)cc1. The van der Waals surface area contributed by atoms with Crippen molar-refractivity contribution in [2.75, 3.05) is 9.80 Å². The molecule has 84 heavy (non-hydrogen) atoms. The number of para-hydroxylation sites is 4. The zero-order valence-corrected chi connectivity index (χ0v) is 47.9. The molecule has 404 valence electrons. The van der Waals surface area contributed by atoms with Crippen molar-refractivity contribution >= 4 is 132 Å². The average molecular weight is 1090 g/mol. The van der Waals surface area contributed by atoms with Crippen LogP contribution in [0.15, 0.2) is 264 Å². The van der Waals surface area contributed by atoms with Crippen molar-refractivity contribution in [1.29, 1.82) is 0 Å². The van der Waals surface area contributed by atoms with Crippen molar-refractivity contribution in [2.45, 2.75) is 52.4 Å². The highest BCUT2D eigenvalue weighted by Gasteiger charge is 2.24. The van der Waals surface area contributed by atoms with E-state index in [2.05, 4.69) is 315 Å². The van der Waals surface area contributed by atoms with Gasteiger partial charge >= 0.3 is 0 Å². The van der Waals surface area contributed by atoms with Crippen LogP contribution in [0.2, 0.25) is 0 Å². The van der Waals surface area contributed by atoms with E-state index >= 15 is 0 Å². The van der Waals surface area contributed by atoms with Gasteiger partial charge in [-0.1, -0.05) is 139 Å². The van der Waals surface area contributed by atoms with E-state index in [1.165, 1.54) is 43.7 Å². The van der Waals surface area contributed by atoms with Crippen LogP contribution >= 0.6 is 0 Å². The topological polar surface area (TPSA) is 42.6 Å². The van der Waals surface area contributed by atoms with Gasteiger partial charge in [-0.25, -0.2) is 0 Å². The minimum atomic E-state index is 0.0664. The lowest BCUT2D eigenvalue weighted by Crippen LogP contribution is -2.11. The molecule has 16 rings (SSSR count). The lowest BCUT2D eigenvalue weighted by molar-refractivity contribution is 0.590. The molecule has 6 nitrogen and oxygen atoms in total. The second-order valence-corrected chi connectivity index (χ2v) is 24.6. The largest absolute Gasteiger partial charge is 0.456 e. The Balaban J connectivity index is 0.832. The first-order valence-corrected chi connectivity index (χ1v) is 29.1. The molecule has 0 unspecified atom stereocenters. The molecule has 16 aromatic rings. The molecule has 0 N–H and O–H groups in total. The monoisotopic (exact) mass is 1080 g/mol. The standard InChI is InChI=1S/C78H60N4O2/c1-77(2,3)49-25-29-53(30-26-49)81-67-23-15-13-21-59(67)63-45-55(33-39-69(63)81)79(51-17-9-7-10-18-51)57-35-41-71-65(47-57)75-61-37-44-74-76(62(61)38-43-73(75)83-71)66-48-58(36-42-72(66)84-74)80(52-19-11-8-12-20-52)56-34-40-70-64(46-56)60-22-14-16-24-68(60)82(70)54-31-27-50(28-32-54)78(4,5)6/h7-48H,1-6H3. The molecule has 0 amide bonds. The van der Waals surface area contributed by atoms with E-state index in [-0.39, 0.29) is 10.8 Å². The van der Waals surface area contributed by atoms with Crippen LogP contribution in [0, 0.1) is 0 Å². The molecule has 0 saturated carbocycles. The van der Waals surface area contributed by atoms with Crippen molar-refractivity contribution in [3.05, 3.63) is 266 Å². The maximum atomic E-state index is 6.76. The summed E-state index contributed by atoms with van der Waals surface area (Å²) in [4.78, 5) is 4.74. The molecular weight excluding hydrogens is 1020 g/mol. The maximum absolute atomic E-state index is 6.76. The zero-order chi connectivity index (χ0) is 56.6. The molecule has 4 heterocycles. The van der Waals surface area contributed by atoms with Crippen LogP contribution in [0.4, 0.5) is 34.1 Å². The fourth-order valence-electron chi connectivity index (χ4n) is 13.2. The molecule has 0 saturated heterocycles. The lowest BCUT2D eigenvalue weighted by Gasteiger charge is -2.26. The summed E-state index contributed by atoms with van der Waals surface area (Å²) in [7, 11) is 0. The highest BCUT2D eigenvalue weighted by molar-refractivity contribution is 6.28. The molecular formula is C78H60N4O2. The first kappa shape index (κ1) is 49.5. The van der Waals surface area contributed by atoms with E-state index in [4.69, 9.17) is 8.83 Å². The lowest BCUT2D eigenvalue weighted by atomic mass is 9.87. The van der Waals surface area contributed by atoms with E-state index in [1.54, 1.807) is 0 Å². The molecule has 12 aromatic carbocycles. The summed E-state index contributed by atoms with van der Waals surface area (Å²) in [6, 6.07) is 92.8. The molecule has 0 spiro atoms. The Bertz CT molecular complexity index is 4930. The number of aromatic nitrogens is 2. The second-order valence-electron chi connectivity index (χ2n) is 24.6. The Kier molecular flexibility index (Phi) is 11.0. The fraction of sp³-hybridized carbons (Fsp3) is 0.103. The Morgan fingerprint density at radius 3 is 0.988 bits per heavy atom. The number of nitrogens with zero attached hydrogens (tertiary/aromatic N) is 4. The Labute approximate surface area is 487 Å². The number of furan rings is 2. The predicted molar refractivity (Wildman–Crippen MR) is 354 cm³/mol. The number of benzene rings is 12. The van der Waals surface area contributed by atoms with E-state index in [9.17, 15) is 0 Å². The summed E-state index contributed by atoms with van der Waals surface area (Å²) in [6.45, 7) is 13.6. The van der Waals surface area contributed by atoms with Crippen LogP contribution in [0.1, 0.15) is 52.7 Å². The van der Waals surface area contributed by atoms with Gasteiger partial charge in [-0.2, -0.15) is 0 Å². The van der Waals surface area contributed by atoms with Gasteiger partial charge in [0.2, 0.25) is 0 Å². The summed E-state index contributed by atoms with van der Waals surface area (Å²) in [6.07, 6.45) is 0. The maximum Gasteiger partial charge on any atom is 0.136 e. The first-order valence-electron chi connectivity index (χ1n) is 29.1. The molecule has 0 fully saturated rings. The van der Waals surface area contributed by atoms with Gasteiger partial charge in [0, 0.05) is 88.6 Å². The minimum absolute atomic E-state index is 0.0664. The van der Waals surface area contributed by atoms with Gasteiger partial charge in [0.05, 0.1) is 22.1 Å². The molecule has 0 aliphatic heterocycles. The average Bonchev–Trinajstić information content (AvgIpc) is 3.28. The number of rotatable bonds is 8. The highest BCUT2D eigenvalue weighted by atomic mass is 16.3. The predicted octanol–water partition coefficient (Wildman–Crippen LogP) is 22.4. The summed E-state index contributed by atoms with van der Waals surface area (Å²) in [5, 5.41) is 11.3. The van der Waals surface area contributed by atoms with Crippen LogP contribution in [0.5, 0.6) is 0 Å². The van der Waals surface area contributed by atoms with Crippen LogP contribution < -0.4 is 9.80 Å². The smallest absolute Gasteiger partial charge is 0.136 e. The van der Waals surface area contributed by atoms with Gasteiger partial charge in [0.25, 0.3) is 0 Å². The van der Waals surface area contributed by atoms with Crippen molar-refractivity contribution in [3.8, 4) is 11.4 Å². The van der Waals surface area contributed by atoms with Crippen molar-refractivity contribution in [1.82, 2.24) is 9.13 Å². The van der Waals surface area contributed by atoms with Crippen LogP contribution in [-0.2, 0) is 10.8 Å². The second kappa shape index (κ2) is 18.6. The van der Waals surface area contributed by atoms with Gasteiger partial charge in [-0.15, -0.1) is 0 Å². The molecule has 0 bridgehead atoms. The Morgan fingerprint density at radius 2 is 0.595 bits per heavy atom. The number of hydrogen-bond donors (Lipinski definition) is 0. The van der Waals surface area contributed by atoms with Gasteiger partial charge in [-0.05, 0) is 190 Å². The minimum Gasteiger partial charge on any atom is -0.456 e. The number of fused-ring (bicyclic) bond motifs is 15. The number of anilines is 6. The quantitative estimate of drug-likeness (QED) is 0.152. The van der Waals surface area contributed by atoms with Gasteiger partial charge < -0.3 is 27.8 Å². The van der Waals surface area contributed by atoms with Crippen LogP contribution in [0.25, 0.3) is 110 Å². The zero-order valence-electron chi connectivity index (χ0n) is 47.9. The molecule has 0 aliphatic rings. The molecule has 0 radical (unpaired) electrons. The van der Waals surface area contributed by atoms with Gasteiger partial charge in [0.1, 0.15) is 22.3 Å². The summed E-state index contributed by atoms with van der Waals surface area (Å²) in [5.41, 5.74) is 19.4. The number of hydrogen-bond acceptors (Lipinski definition) is 4. The van der Waals surface area contributed by atoms with E-state index < -0.39 is 0 Å². The third-order valence-electron chi connectivity index (χ3n) is 17.4. The Hall–Kier alpha value is -10.3. The Morgan fingerprint density at radius 1 is 0.262 bits per heavy atom. The highest BCUT2D eigenvalue weighted by Crippen LogP contribution is 2.47. The summed E-state index contributed by atoms with van der Waals surface area (Å²) < 4.78 is 18.3. The molecule has 0 atom stereocenters. The summed E-state index contributed by atoms with van der Waals surface area (Å²) in [5.74, 6) is 0. The van der Waals surface area contributed by atoms with Crippen molar-refractivity contribution in [3.63, 3.8) is 0 Å². The molecule has 0 aliphatic carbocycles.